The Morgan fingerprint density at radius 1 is 1.40 bits per heavy atom. The number of para-hydroxylation sites is 1. The Hall–Kier alpha value is -0.800. The van der Waals surface area contributed by atoms with Gasteiger partial charge in [-0.1, -0.05) is 12.1 Å². The van der Waals surface area contributed by atoms with Crippen LogP contribution in [0.1, 0.15) is 6.42 Å². The highest BCUT2D eigenvalue weighted by Gasteiger charge is 2.22. The number of hydrogen-bond donors (Lipinski definition) is 1. The summed E-state index contributed by atoms with van der Waals surface area (Å²) in [6, 6.07) is 6.92. The van der Waals surface area contributed by atoms with Crippen molar-refractivity contribution in [1.29, 1.82) is 0 Å². The number of hydrogen-bond acceptors (Lipinski definition) is 2. The summed E-state index contributed by atoms with van der Waals surface area (Å²) in [5.74, 6) is 0.389. The molecule has 0 saturated carbocycles. The second-order valence-corrected chi connectivity index (χ2v) is 3.79. The van der Waals surface area contributed by atoms with Crippen molar-refractivity contribution in [3.63, 3.8) is 0 Å². The molecule has 2 rings (SSSR count). The van der Waals surface area contributed by atoms with E-state index in [1.807, 2.05) is 12.1 Å². The minimum absolute atomic E-state index is 0. The monoisotopic (exact) mass is 230 g/mol. The molecule has 1 fully saturated rings. The van der Waals surface area contributed by atoms with Crippen molar-refractivity contribution in [2.75, 3.05) is 24.5 Å². The number of benzene rings is 1. The summed E-state index contributed by atoms with van der Waals surface area (Å²) in [4.78, 5) is 2.08. The Labute approximate surface area is 95.7 Å². The van der Waals surface area contributed by atoms with Crippen LogP contribution >= 0.6 is 12.4 Å². The molecular weight excluding hydrogens is 215 g/mol. The van der Waals surface area contributed by atoms with Gasteiger partial charge in [-0.25, -0.2) is 4.39 Å². The molecule has 1 unspecified atom stereocenters. The van der Waals surface area contributed by atoms with Crippen molar-refractivity contribution >= 4 is 18.1 Å². The molecule has 4 heteroatoms. The number of rotatable bonds is 2. The SMILES string of the molecule is Cl.NCC1CCN(c2ccccc2F)C1. The molecule has 1 aliphatic heterocycles. The van der Waals surface area contributed by atoms with Gasteiger partial charge in [0.2, 0.25) is 0 Å². The van der Waals surface area contributed by atoms with E-state index >= 15 is 0 Å². The lowest BCUT2D eigenvalue weighted by Crippen LogP contribution is -2.23. The lowest BCUT2D eigenvalue weighted by molar-refractivity contribution is 0.597. The highest BCUT2D eigenvalue weighted by molar-refractivity contribution is 5.85. The molecular formula is C11H16ClFN2. The first-order valence-corrected chi connectivity index (χ1v) is 5.01. The zero-order valence-electron chi connectivity index (χ0n) is 8.53. The van der Waals surface area contributed by atoms with Gasteiger partial charge in [-0.3, -0.25) is 0 Å². The zero-order chi connectivity index (χ0) is 9.97. The molecule has 1 aromatic carbocycles. The van der Waals surface area contributed by atoms with Gasteiger partial charge in [-0.05, 0) is 31.0 Å². The van der Waals surface area contributed by atoms with E-state index in [1.165, 1.54) is 6.07 Å². The molecule has 1 aromatic rings. The molecule has 2 nitrogen and oxygen atoms in total. The van der Waals surface area contributed by atoms with E-state index in [2.05, 4.69) is 4.90 Å². The summed E-state index contributed by atoms with van der Waals surface area (Å²) in [7, 11) is 0. The van der Waals surface area contributed by atoms with Crippen LogP contribution in [0, 0.1) is 11.7 Å². The highest BCUT2D eigenvalue weighted by atomic mass is 35.5. The maximum absolute atomic E-state index is 13.4. The van der Waals surface area contributed by atoms with Gasteiger partial charge >= 0.3 is 0 Å². The van der Waals surface area contributed by atoms with Gasteiger partial charge in [0.1, 0.15) is 5.82 Å². The van der Waals surface area contributed by atoms with E-state index in [4.69, 9.17) is 5.73 Å². The van der Waals surface area contributed by atoms with Crippen LogP contribution in [0.2, 0.25) is 0 Å². The Morgan fingerprint density at radius 3 is 2.73 bits per heavy atom. The van der Waals surface area contributed by atoms with Gasteiger partial charge in [0.15, 0.2) is 0 Å². The fourth-order valence-electron chi connectivity index (χ4n) is 1.95. The number of nitrogens with two attached hydrogens (primary N) is 1. The van der Waals surface area contributed by atoms with Crippen LogP contribution in [0.15, 0.2) is 24.3 Å². The molecule has 1 aliphatic rings. The zero-order valence-corrected chi connectivity index (χ0v) is 9.34. The maximum Gasteiger partial charge on any atom is 0.146 e. The molecule has 1 atom stereocenters. The minimum Gasteiger partial charge on any atom is -0.369 e. The number of nitrogens with zero attached hydrogens (tertiary/aromatic N) is 1. The summed E-state index contributed by atoms with van der Waals surface area (Å²) >= 11 is 0. The third-order valence-electron chi connectivity index (χ3n) is 2.81. The largest absolute Gasteiger partial charge is 0.369 e. The second-order valence-electron chi connectivity index (χ2n) is 3.79. The van der Waals surface area contributed by atoms with Crippen molar-refractivity contribution in [3.05, 3.63) is 30.1 Å². The van der Waals surface area contributed by atoms with Crippen LogP contribution in [0.4, 0.5) is 10.1 Å². The topological polar surface area (TPSA) is 29.3 Å². The Morgan fingerprint density at radius 2 is 2.13 bits per heavy atom. The van der Waals surface area contributed by atoms with E-state index in [0.717, 1.165) is 19.5 Å². The molecule has 0 spiro atoms. The van der Waals surface area contributed by atoms with Gasteiger partial charge in [0, 0.05) is 13.1 Å². The van der Waals surface area contributed by atoms with E-state index in [-0.39, 0.29) is 18.2 Å². The van der Waals surface area contributed by atoms with Crippen LogP contribution in [0.25, 0.3) is 0 Å². The molecule has 15 heavy (non-hydrogen) atoms. The first-order chi connectivity index (χ1) is 6.81. The molecule has 84 valence electrons. The fourth-order valence-corrected chi connectivity index (χ4v) is 1.95. The molecule has 1 saturated heterocycles. The van der Waals surface area contributed by atoms with Gasteiger partial charge in [-0.2, -0.15) is 0 Å². The average molecular weight is 231 g/mol. The number of anilines is 1. The highest BCUT2D eigenvalue weighted by Crippen LogP contribution is 2.25. The standard InChI is InChI=1S/C11H15FN2.ClH/c12-10-3-1-2-4-11(10)14-6-5-9(7-13)8-14;/h1-4,9H,5-8,13H2;1H. The fraction of sp³-hybridized carbons (Fsp3) is 0.455. The minimum atomic E-state index is -0.134. The quantitative estimate of drug-likeness (QED) is 0.843. The van der Waals surface area contributed by atoms with E-state index in [0.29, 0.717) is 18.2 Å². The smallest absolute Gasteiger partial charge is 0.146 e. The van der Waals surface area contributed by atoms with Crippen molar-refractivity contribution in [2.45, 2.75) is 6.42 Å². The molecule has 1 heterocycles. The van der Waals surface area contributed by atoms with Crippen LogP contribution in [-0.2, 0) is 0 Å². The van der Waals surface area contributed by atoms with Crippen LogP contribution in [-0.4, -0.2) is 19.6 Å². The van der Waals surface area contributed by atoms with Crippen LogP contribution in [0.3, 0.4) is 0 Å². The van der Waals surface area contributed by atoms with Crippen LogP contribution in [0.5, 0.6) is 0 Å². The van der Waals surface area contributed by atoms with Crippen LogP contribution < -0.4 is 10.6 Å². The lowest BCUT2D eigenvalue weighted by atomic mass is 10.1. The Bertz CT molecular complexity index is 319. The molecule has 0 bridgehead atoms. The van der Waals surface area contributed by atoms with Crippen molar-refractivity contribution in [1.82, 2.24) is 0 Å². The van der Waals surface area contributed by atoms with Gasteiger partial charge in [-0.15, -0.1) is 12.4 Å². The Balaban J connectivity index is 0.00000112. The molecule has 0 aliphatic carbocycles. The molecule has 0 aromatic heterocycles. The predicted molar refractivity (Wildman–Crippen MR) is 63.0 cm³/mol. The van der Waals surface area contributed by atoms with E-state index in [9.17, 15) is 4.39 Å². The summed E-state index contributed by atoms with van der Waals surface area (Å²) in [5.41, 5.74) is 6.30. The Kier molecular flexibility index (Phi) is 4.36. The molecule has 0 amide bonds. The van der Waals surface area contributed by atoms with E-state index < -0.39 is 0 Å². The number of halogens is 2. The second kappa shape index (κ2) is 5.33. The van der Waals surface area contributed by atoms with Crippen molar-refractivity contribution < 1.29 is 4.39 Å². The first-order valence-electron chi connectivity index (χ1n) is 5.01. The average Bonchev–Trinajstić information content (AvgIpc) is 2.67. The molecule has 2 N–H and O–H groups in total. The molecule has 0 radical (unpaired) electrons. The summed E-state index contributed by atoms with van der Waals surface area (Å²) in [5, 5.41) is 0. The van der Waals surface area contributed by atoms with Gasteiger partial charge in [0.05, 0.1) is 5.69 Å². The van der Waals surface area contributed by atoms with Crippen molar-refractivity contribution in [2.24, 2.45) is 11.7 Å². The van der Waals surface area contributed by atoms with Gasteiger partial charge in [0.25, 0.3) is 0 Å². The predicted octanol–water partition coefficient (Wildman–Crippen LogP) is 2.03. The third kappa shape index (κ3) is 2.61. The lowest BCUT2D eigenvalue weighted by Gasteiger charge is -2.18. The van der Waals surface area contributed by atoms with E-state index in [1.54, 1.807) is 6.07 Å². The first kappa shape index (κ1) is 12.3. The third-order valence-corrected chi connectivity index (χ3v) is 2.81. The normalized spacial score (nSPS) is 20.1. The van der Waals surface area contributed by atoms with Crippen molar-refractivity contribution in [3.8, 4) is 0 Å². The summed E-state index contributed by atoms with van der Waals surface area (Å²) < 4.78 is 13.4. The van der Waals surface area contributed by atoms with Gasteiger partial charge < -0.3 is 10.6 Å². The maximum atomic E-state index is 13.4. The summed E-state index contributed by atoms with van der Waals surface area (Å²) in [6.45, 7) is 2.51. The summed E-state index contributed by atoms with van der Waals surface area (Å²) in [6.07, 6.45) is 1.07.